The Balaban J connectivity index is 3.22. The lowest BCUT2D eigenvalue weighted by molar-refractivity contribution is 0.198. The third-order valence-corrected chi connectivity index (χ3v) is 1.25. The molecule has 0 radical (unpaired) electrons. The summed E-state index contributed by atoms with van der Waals surface area (Å²) in [5.74, 6) is 0.201. The van der Waals surface area contributed by atoms with E-state index in [0.29, 0.717) is 6.42 Å². The monoisotopic (exact) mass is 133 g/mol. The first-order valence-corrected chi connectivity index (χ1v) is 3.18. The predicted octanol–water partition coefficient (Wildman–Crippen LogP) is -0.676. The zero-order valence-electron chi connectivity index (χ0n) is 5.75. The van der Waals surface area contributed by atoms with Gasteiger partial charge in [0.1, 0.15) is 0 Å². The van der Waals surface area contributed by atoms with Crippen LogP contribution in [-0.2, 0) is 0 Å². The van der Waals surface area contributed by atoms with Gasteiger partial charge in [0.15, 0.2) is 0 Å². The highest BCUT2D eigenvalue weighted by Gasteiger charge is 2.05. The van der Waals surface area contributed by atoms with Crippen molar-refractivity contribution >= 4 is 0 Å². The minimum atomic E-state index is -0.174. The lowest BCUT2D eigenvalue weighted by Crippen LogP contribution is -2.27. The molecule has 0 heterocycles. The molecule has 0 saturated heterocycles. The summed E-state index contributed by atoms with van der Waals surface area (Å²) in [6, 6.07) is -0.174. The average molecular weight is 133 g/mol. The topological polar surface area (TPSA) is 66.5 Å². The molecule has 0 amide bonds. The highest BCUT2D eigenvalue weighted by atomic mass is 16.3. The van der Waals surface area contributed by atoms with Crippen molar-refractivity contribution in [1.29, 1.82) is 0 Å². The molecule has 2 atom stereocenters. The van der Waals surface area contributed by atoms with Crippen LogP contribution < -0.4 is 5.73 Å². The summed E-state index contributed by atoms with van der Waals surface area (Å²) >= 11 is 0. The molecule has 0 saturated carbocycles. The first kappa shape index (κ1) is 8.88. The molecule has 0 rings (SSSR count). The van der Waals surface area contributed by atoms with E-state index in [9.17, 15) is 0 Å². The summed E-state index contributed by atoms with van der Waals surface area (Å²) in [5, 5.41) is 17.0. The van der Waals surface area contributed by atoms with Crippen molar-refractivity contribution < 1.29 is 10.2 Å². The maximum atomic E-state index is 8.54. The second-order valence-electron chi connectivity index (χ2n) is 2.47. The molecule has 4 N–H and O–H groups in total. The van der Waals surface area contributed by atoms with Crippen LogP contribution in [-0.4, -0.2) is 29.5 Å². The molecule has 0 bridgehead atoms. The van der Waals surface area contributed by atoms with Crippen LogP contribution in [0.3, 0.4) is 0 Å². The van der Waals surface area contributed by atoms with Crippen LogP contribution in [0.1, 0.15) is 13.3 Å². The van der Waals surface area contributed by atoms with Crippen molar-refractivity contribution in [2.45, 2.75) is 19.4 Å². The Morgan fingerprint density at radius 1 is 1.33 bits per heavy atom. The normalized spacial score (nSPS) is 17.3. The predicted molar refractivity (Wildman–Crippen MR) is 35.9 cm³/mol. The van der Waals surface area contributed by atoms with Gasteiger partial charge in [0.25, 0.3) is 0 Å². The maximum Gasteiger partial charge on any atom is 0.0582 e. The van der Waals surface area contributed by atoms with Crippen LogP contribution in [0.4, 0.5) is 0 Å². The second-order valence-corrected chi connectivity index (χ2v) is 2.47. The Labute approximate surface area is 55.5 Å². The van der Waals surface area contributed by atoms with Crippen molar-refractivity contribution in [3.63, 3.8) is 0 Å². The lowest BCUT2D eigenvalue weighted by Gasteiger charge is -2.11. The van der Waals surface area contributed by atoms with Gasteiger partial charge in [-0.15, -0.1) is 0 Å². The minimum absolute atomic E-state index is 0.00431. The molecule has 0 spiro atoms. The Kier molecular flexibility index (Phi) is 4.67. The van der Waals surface area contributed by atoms with Gasteiger partial charge in [-0.05, 0) is 12.3 Å². The molecule has 0 aliphatic rings. The van der Waals surface area contributed by atoms with E-state index in [1.165, 1.54) is 0 Å². The van der Waals surface area contributed by atoms with E-state index >= 15 is 0 Å². The standard InChI is InChI=1S/C6H15NO2/c1-5(3-8)2-6(7)4-9/h5-6,8-9H,2-4,7H2,1H3. The molecule has 0 aromatic carbocycles. The van der Waals surface area contributed by atoms with Gasteiger partial charge in [0.05, 0.1) is 6.61 Å². The minimum Gasteiger partial charge on any atom is -0.396 e. The van der Waals surface area contributed by atoms with E-state index in [4.69, 9.17) is 15.9 Å². The fraction of sp³-hybridized carbons (Fsp3) is 1.00. The van der Waals surface area contributed by atoms with E-state index in [0.717, 1.165) is 0 Å². The first-order valence-electron chi connectivity index (χ1n) is 3.18. The smallest absolute Gasteiger partial charge is 0.0582 e. The zero-order valence-corrected chi connectivity index (χ0v) is 5.75. The van der Waals surface area contributed by atoms with Crippen molar-refractivity contribution in [1.82, 2.24) is 0 Å². The molecule has 3 heteroatoms. The van der Waals surface area contributed by atoms with Crippen molar-refractivity contribution in [2.24, 2.45) is 11.7 Å². The SMILES string of the molecule is CC(CO)CC(N)CO. The largest absolute Gasteiger partial charge is 0.396 e. The molecule has 0 aliphatic heterocycles. The quantitative estimate of drug-likeness (QED) is 0.476. The van der Waals surface area contributed by atoms with Gasteiger partial charge in [-0.25, -0.2) is 0 Å². The Morgan fingerprint density at radius 2 is 1.89 bits per heavy atom. The van der Waals surface area contributed by atoms with Gasteiger partial charge in [-0.2, -0.15) is 0 Å². The molecule has 0 aromatic rings. The number of aliphatic hydroxyl groups excluding tert-OH is 2. The van der Waals surface area contributed by atoms with Crippen LogP contribution in [0.5, 0.6) is 0 Å². The van der Waals surface area contributed by atoms with Gasteiger partial charge in [0, 0.05) is 12.6 Å². The number of hydrogen-bond acceptors (Lipinski definition) is 3. The summed E-state index contributed by atoms with van der Waals surface area (Å²) in [6.45, 7) is 2.05. The fourth-order valence-corrected chi connectivity index (χ4v) is 0.666. The molecule has 3 nitrogen and oxygen atoms in total. The van der Waals surface area contributed by atoms with Gasteiger partial charge >= 0.3 is 0 Å². The number of rotatable bonds is 4. The van der Waals surface area contributed by atoms with Gasteiger partial charge < -0.3 is 15.9 Å². The molecule has 2 unspecified atom stereocenters. The highest BCUT2D eigenvalue weighted by molar-refractivity contribution is 4.62. The Morgan fingerprint density at radius 3 is 2.22 bits per heavy atom. The molecule has 9 heavy (non-hydrogen) atoms. The van der Waals surface area contributed by atoms with E-state index in [-0.39, 0.29) is 25.2 Å². The Bertz CT molecular complexity index is 60.1. The Hall–Kier alpha value is -0.120. The summed E-state index contributed by atoms with van der Waals surface area (Å²) in [6.07, 6.45) is 0.688. The summed E-state index contributed by atoms with van der Waals surface area (Å²) in [7, 11) is 0. The molecule has 0 fully saturated rings. The second kappa shape index (κ2) is 4.73. The zero-order chi connectivity index (χ0) is 7.28. The number of hydrogen-bond donors (Lipinski definition) is 3. The van der Waals surface area contributed by atoms with Crippen molar-refractivity contribution in [2.75, 3.05) is 13.2 Å². The molecular weight excluding hydrogens is 118 g/mol. The van der Waals surface area contributed by atoms with E-state index < -0.39 is 0 Å². The fourth-order valence-electron chi connectivity index (χ4n) is 0.666. The van der Waals surface area contributed by atoms with Crippen LogP contribution in [0, 0.1) is 5.92 Å². The van der Waals surface area contributed by atoms with E-state index in [1.54, 1.807) is 0 Å². The maximum absolute atomic E-state index is 8.54. The van der Waals surface area contributed by atoms with Crippen LogP contribution in [0.2, 0.25) is 0 Å². The number of aliphatic hydroxyl groups is 2. The summed E-state index contributed by atoms with van der Waals surface area (Å²) in [4.78, 5) is 0. The molecule has 0 aromatic heterocycles. The number of nitrogens with two attached hydrogens (primary N) is 1. The van der Waals surface area contributed by atoms with E-state index in [1.807, 2.05) is 6.92 Å². The first-order chi connectivity index (χ1) is 4.20. The molecular formula is C6H15NO2. The van der Waals surface area contributed by atoms with Gasteiger partial charge in [0.2, 0.25) is 0 Å². The van der Waals surface area contributed by atoms with Gasteiger partial charge in [-0.1, -0.05) is 6.92 Å². The van der Waals surface area contributed by atoms with Crippen LogP contribution in [0.15, 0.2) is 0 Å². The van der Waals surface area contributed by atoms with Crippen molar-refractivity contribution in [3.05, 3.63) is 0 Å². The van der Waals surface area contributed by atoms with E-state index in [2.05, 4.69) is 0 Å². The van der Waals surface area contributed by atoms with Crippen molar-refractivity contribution in [3.8, 4) is 0 Å². The van der Waals surface area contributed by atoms with Crippen LogP contribution in [0.25, 0.3) is 0 Å². The summed E-state index contributed by atoms with van der Waals surface area (Å²) < 4.78 is 0. The lowest BCUT2D eigenvalue weighted by atomic mass is 10.0. The third-order valence-electron chi connectivity index (χ3n) is 1.25. The highest BCUT2D eigenvalue weighted by Crippen LogP contribution is 2.01. The van der Waals surface area contributed by atoms with Crippen LogP contribution >= 0.6 is 0 Å². The van der Waals surface area contributed by atoms with Gasteiger partial charge in [-0.3, -0.25) is 0 Å². The molecule has 0 aliphatic carbocycles. The summed E-state index contributed by atoms with van der Waals surface area (Å²) in [5.41, 5.74) is 5.39. The molecule has 56 valence electrons. The average Bonchev–Trinajstić information content (AvgIpc) is 1.87. The third kappa shape index (κ3) is 4.39.